The van der Waals surface area contributed by atoms with E-state index in [1.54, 1.807) is 18.3 Å². The van der Waals surface area contributed by atoms with E-state index in [1.165, 1.54) is 18.3 Å². The number of alkyl halides is 3. The number of nitrogens with one attached hydrogen (secondary N) is 3. The van der Waals surface area contributed by atoms with E-state index < -0.39 is 17.6 Å². The summed E-state index contributed by atoms with van der Waals surface area (Å²) in [6.45, 7) is 0.782. The van der Waals surface area contributed by atoms with Crippen molar-refractivity contribution < 1.29 is 27.4 Å². The highest BCUT2D eigenvalue weighted by molar-refractivity contribution is 6.08. The van der Waals surface area contributed by atoms with Crippen molar-refractivity contribution in [2.45, 2.75) is 18.7 Å². The summed E-state index contributed by atoms with van der Waals surface area (Å²) in [6.07, 6.45) is -1.19. The van der Waals surface area contributed by atoms with Crippen molar-refractivity contribution in [1.29, 1.82) is 0 Å². The fourth-order valence-corrected chi connectivity index (χ4v) is 3.74. The van der Waals surface area contributed by atoms with Crippen molar-refractivity contribution in [3.63, 3.8) is 0 Å². The molecule has 2 aromatic heterocycles. The lowest BCUT2D eigenvalue weighted by molar-refractivity contribution is -0.137. The van der Waals surface area contributed by atoms with Crippen molar-refractivity contribution in [3.8, 4) is 5.75 Å². The Morgan fingerprint density at radius 2 is 2.03 bits per heavy atom. The highest BCUT2D eigenvalue weighted by atomic mass is 19.4. The highest BCUT2D eigenvalue weighted by Gasteiger charge is 2.32. The molecular formula is C24H20F3N5O3. The molecule has 180 valence electrons. The number of H-pyrrole nitrogens is 1. The van der Waals surface area contributed by atoms with E-state index in [0.29, 0.717) is 25.3 Å². The molecule has 1 aliphatic rings. The molecule has 1 unspecified atom stereocenters. The summed E-state index contributed by atoms with van der Waals surface area (Å²) in [4.78, 5) is 17.3. The number of pyridine rings is 1. The standard InChI is InChI=1S/C24H20F3N5O3/c25-24(26,27)15-8-17(10-19(9-15)35-18-5-7-34-13-18)31-23(33)20-2-1-6-28-22(20)30-16-4-3-14-12-29-32-21(14)11-16/h1-4,6,8-12,18H,5,7,13H2,(H,28,30)(H,29,32)(H,31,33). The summed E-state index contributed by atoms with van der Waals surface area (Å²) in [5.41, 5.74) is 0.624. The molecule has 1 aliphatic heterocycles. The number of amides is 1. The van der Waals surface area contributed by atoms with Gasteiger partial charge in [-0.05, 0) is 42.5 Å². The molecule has 3 N–H and O–H groups in total. The number of anilines is 3. The van der Waals surface area contributed by atoms with E-state index in [0.717, 1.165) is 23.0 Å². The minimum atomic E-state index is -4.61. The van der Waals surface area contributed by atoms with E-state index in [2.05, 4.69) is 25.8 Å². The van der Waals surface area contributed by atoms with Gasteiger partial charge in [-0.1, -0.05) is 0 Å². The van der Waals surface area contributed by atoms with E-state index in [1.807, 2.05) is 12.1 Å². The molecule has 0 radical (unpaired) electrons. The number of hydrogen-bond acceptors (Lipinski definition) is 6. The second kappa shape index (κ2) is 9.26. The minimum Gasteiger partial charge on any atom is -0.488 e. The van der Waals surface area contributed by atoms with Gasteiger partial charge >= 0.3 is 6.18 Å². The Hall–Kier alpha value is -4.12. The molecule has 3 heterocycles. The van der Waals surface area contributed by atoms with Gasteiger partial charge in [0.05, 0.1) is 36.1 Å². The maximum Gasteiger partial charge on any atom is 0.416 e. The molecule has 1 amide bonds. The third-order valence-corrected chi connectivity index (χ3v) is 5.44. The quantitative estimate of drug-likeness (QED) is 0.351. The fourth-order valence-electron chi connectivity index (χ4n) is 3.74. The van der Waals surface area contributed by atoms with Crippen LogP contribution in [0.5, 0.6) is 5.75 Å². The number of carbonyl (C=O) groups excluding carboxylic acids is 1. The number of fused-ring (bicyclic) bond motifs is 1. The monoisotopic (exact) mass is 483 g/mol. The molecule has 4 aromatic rings. The number of nitrogens with zero attached hydrogens (tertiary/aromatic N) is 2. The largest absolute Gasteiger partial charge is 0.488 e. The molecule has 2 aromatic carbocycles. The van der Waals surface area contributed by atoms with E-state index in [-0.39, 0.29) is 28.9 Å². The van der Waals surface area contributed by atoms with Crippen molar-refractivity contribution in [3.05, 3.63) is 72.1 Å². The molecule has 0 aliphatic carbocycles. The van der Waals surface area contributed by atoms with E-state index in [4.69, 9.17) is 9.47 Å². The summed E-state index contributed by atoms with van der Waals surface area (Å²) in [6, 6.07) is 11.7. The predicted molar refractivity (Wildman–Crippen MR) is 123 cm³/mol. The van der Waals surface area contributed by atoms with Gasteiger partial charge in [-0.3, -0.25) is 9.89 Å². The zero-order chi connectivity index (χ0) is 24.4. The summed E-state index contributed by atoms with van der Waals surface area (Å²) >= 11 is 0. The van der Waals surface area contributed by atoms with Gasteiger partial charge in [0.1, 0.15) is 17.7 Å². The minimum absolute atomic E-state index is 0.00280. The summed E-state index contributed by atoms with van der Waals surface area (Å²) in [5, 5.41) is 13.4. The summed E-state index contributed by atoms with van der Waals surface area (Å²) < 4.78 is 51.4. The number of hydrogen-bond donors (Lipinski definition) is 3. The molecule has 0 bridgehead atoms. The topological polar surface area (TPSA) is 101 Å². The second-order valence-electron chi connectivity index (χ2n) is 8.00. The zero-order valence-electron chi connectivity index (χ0n) is 18.2. The average molecular weight is 483 g/mol. The van der Waals surface area contributed by atoms with Crippen molar-refractivity contribution in [1.82, 2.24) is 15.2 Å². The SMILES string of the molecule is O=C(Nc1cc(OC2CCOC2)cc(C(F)(F)F)c1)c1cccnc1Nc1ccc2cn[nH]c2c1. The van der Waals surface area contributed by atoms with Crippen LogP contribution in [0.4, 0.5) is 30.4 Å². The smallest absolute Gasteiger partial charge is 0.416 e. The molecular weight excluding hydrogens is 463 g/mol. The number of benzene rings is 2. The Morgan fingerprint density at radius 3 is 2.83 bits per heavy atom. The van der Waals surface area contributed by atoms with Crippen molar-refractivity contribution >= 4 is 34.0 Å². The third-order valence-electron chi connectivity index (χ3n) is 5.44. The van der Waals surface area contributed by atoms with Gasteiger partial charge in [-0.25, -0.2) is 4.98 Å². The van der Waals surface area contributed by atoms with Crippen molar-refractivity contribution in [2.24, 2.45) is 0 Å². The van der Waals surface area contributed by atoms with Crippen LogP contribution in [0.3, 0.4) is 0 Å². The van der Waals surface area contributed by atoms with Gasteiger partial charge in [-0.2, -0.15) is 18.3 Å². The van der Waals surface area contributed by atoms with Gasteiger partial charge in [0.2, 0.25) is 0 Å². The Balaban J connectivity index is 1.40. The van der Waals surface area contributed by atoms with Crippen LogP contribution < -0.4 is 15.4 Å². The first-order valence-corrected chi connectivity index (χ1v) is 10.8. The molecule has 1 fully saturated rings. The van der Waals surface area contributed by atoms with E-state index >= 15 is 0 Å². The first-order valence-electron chi connectivity index (χ1n) is 10.8. The number of aromatic amines is 1. The molecule has 1 atom stereocenters. The average Bonchev–Trinajstić information content (AvgIpc) is 3.50. The van der Waals surface area contributed by atoms with Gasteiger partial charge < -0.3 is 20.1 Å². The molecule has 0 saturated carbocycles. The maximum atomic E-state index is 13.5. The van der Waals surface area contributed by atoms with E-state index in [9.17, 15) is 18.0 Å². The van der Waals surface area contributed by atoms with Crippen LogP contribution in [0.2, 0.25) is 0 Å². The number of rotatable bonds is 6. The number of carbonyl (C=O) groups is 1. The molecule has 1 saturated heterocycles. The molecule has 11 heteroatoms. The van der Waals surface area contributed by atoms with Crippen LogP contribution in [0.25, 0.3) is 10.9 Å². The Kier molecular flexibility index (Phi) is 6.00. The highest BCUT2D eigenvalue weighted by Crippen LogP contribution is 2.35. The van der Waals surface area contributed by atoms with Crippen LogP contribution in [-0.4, -0.2) is 40.4 Å². The molecule has 0 spiro atoms. The number of halogens is 3. The molecule has 5 rings (SSSR count). The van der Waals surface area contributed by atoms with Gasteiger partial charge in [0, 0.05) is 35.4 Å². The van der Waals surface area contributed by atoms with Crippen LogP contribution in [-0.2, 0) is 10.9 Å². The second-order valence-corrected chi connectivity index (χ2v) is 8.00. The maximum absolute atomic E-state index is 13.5. The lowest BCUT2D eigenvalue weighted by atomic mass is 10.1. The van der Waals surface area contributed by atoms with Crippen LogP contribution in [0.1, 0.15) is 22.3 Å². The van der Waals surface area contributed by atoms with Gasteiger partial charge in [0.25, 0.3) is 5.91 Å². The zero-order valence-corrected chi connectivity index (χ0v) is 18.2. The van der Waals surface area contributed by atoms with Crippen LogP contribution in [0.15, 0.2) is 60.9 Å². The third kappa shape index (κ3) is 5.19. The molecule has 8 nitrogen and oxygen atoms in total. The van der Waals surface area contributed by atoms with Crippen LogP contribution in [0, 0.1) is 0 Å². The van der Waals surface area contributed by atoms with Gasteiger partial charge in [0.15, 0.2) is 0 Å². The Morgan fingerprint density at radius 1 is 1.14 bits per heavy atom. The summed E-state index contributed by atoms with van der Waals surface area (Å²) in [5.74, 6) is -0.379. The predicted octanol–water partition coefficient (Wildman–Crippen LogP) is 5.14. The number of aromatic nitrogens is 3. The Bertz CT molecular complexity index is 1370. The normalized spacial score (nSPS) is 15.8. The lowest BCUT2D eigenvalue weighted by Gasteiger charge is -2.17. The Labute approximate surface area is 197 Å². The molecule has 35 heavy (non-hydrogen) atoms. The first-order chi connectivity index (χ1) is 16.8. The fraction of sp³-hybridized carbons (Fsp3) is 0.208. The van der Waals surface area contributed by atoms with Crippen LogP contribution >= 0.6 is 0 Å². The lowest BCUT2D eigenvalue weighted by Crippen LogP contribution is -2.18. The summed E-state index contributed by atoms with van der Waals surface area (Å²) in [7, 11) is 0. The first kappa shape index (κ1) is 22.7. The van der Waals surface area contributed by atoms with Gasteiger partial charge in [-0.15, -0.1) is 0 Å². The van der Waals surface area contributed by atoms with Crippen molar-refractivity contribution in [2.75, 3.05) is 23.8 Å². The number of ether oxygens (including phenoxy) is 2.